The molecule has 0 unspecified atom stereocenters. The predicted octanol–water partition coefficient (Wildman–Crippen LogP) is 2.47. The van der Waals surface area contributed by atoms with E-state index in [-0.39, 0.29) is 31.2 Å². The zero-order chi connectivity index (χ0) is 21.8. The summed E-state index contributed by atoms with van der Waals surface area (Å²) < 4.78 is 5.10. The lowest BCUT2D eigenvalue weighted by molar-refractivity contribution is -0.138. The minimum absolute atomic E-state index is 0.0122. The molecule has 0 bridgehead atoms. The molecule has 160 valence electrons. The molecule has 1 saturated heterocycles. The van der Waals surface area contributed by atoms with Crippen LogP contribution in [-0.4, -0.2) is 45.7 Å². The quantitative estimate of drug-likeness (QED) is 0.640. The normalized spacial score (nSPS) is 18.2. The Morgan fingerprint density at radius 3 is 2.52 bits per heavy atom. The summed E-state index contributed by atoms with van der Waals surface area (Å²) in [5.74, 6) is -0.0904. The largest absolute Gasteiger partial charge is 0.391 e. The molecule has 2 aromatic carbocycles. The summed E-state index contributed by atoms with van der Waals surface area (Å²) >= 11 is 0. The van der Waals surface area contributed by atoms with E-state index in [1.165, 1.54) is 4.90 Å². The number of carbonyl (C=O) groups is 2. The Labute approximate surface area is 180 Å². The number of nitrogens with zero attached hydrogens (tertiary/aromatic N) is 2. The average molecular weight is 419 g/mol. The summed E-state index contributed by atoms with van der Waals surface area (Å²) in [7, 11) is 0. The second-order valence-electron chi connectivity index (χ2n) is 7.84. The number of aryl methyl sites for hydroxylation is 1. The zero-order valence-electron chi connectivity index (χ0n) is 17.3. The maximum absolute atomic E-state index is 12.8. The highest BCUT2D eigenvalue weighted by molar-refractivity contribution is 5.89. The van der Waals surface area contributed by atoms with E-state index in [2.05, 4.69) is 10.5 Å². The molecule has 0 aliphatic carbocycles. The van der Waals surface area contributed by atoms with E-state index in [9.17, 15) is 14.7 Å². The van der Waals surface area contributed by atoms with Crippen LogP contribution in [0.1, 0.15) is 23.4 Å². The molecule has 1 aliphatic heterocycles. The van der Waals surface area contributed by atoms with Gasteiger partial charge in [-0.15, -0.1) is 0 Å². The second kappa shape index (κ2) is 9.14. The van der Waals surface area contributed by atoms with E-state index in [1.807, 2.05) is 54.6 Å². The molecule has 0 radical (unpaired) electrons. The molecule has 0 saturated carbocycles. The Hall–Kier alpha value is -3.45. The van der Waals surface area contributed by atoms with Gasteiger partial charge in [0.1, 0.15) is 11.8 Å². The molecular weight excluding hydrogens is 394 g/mol. The summed E-state index contributed by atoms with van der Waals surface area (Å²) in [4.78, 5) is 26.9. The van der Waals surface area contributed by atoms with Gasteiger partial charge in [-0.2, -0.15) is 0 Å². The van der Waals surface area contributed by atoms with Crippen LogP contribution >= 0.6 is 0 Å². The number of rotatable bonds is 6. The zero-order valence-corrected chi connectivity index (χ0v) is 17.3. The summed E-state index contributed by atoms with van der Waals surface area (Å²) in [5.41, 5.74) is 3.89. The monoisotopic (exact) mass is 419 g/mol. The Morgan fingerprint density at radius 1 is 1.13 bits per heavy atom. The van der Waals surface area contributed by atoms with Gasteiger partial charge in [-0.3, -0.25) is 9.59 Å². The molecule has 1 fully saturated rings. The van der Waals surface area contributed by atoms with Crippen molar-refractivity contribution in [2.75, 3.05) is 6.54 Å². The van der Waals surface area contributed by atoms with Gasteiger partial charge in [0.25, 0.3) is 0 Å². The highest BCUT2D eigenvalue weighted by atomic mass is 16.5. The van der Waals surface area contributed by atoms with Crippen LogP contribution in [0.3, 0.4) is 0 Å². The van der Waals surface area contributed by atoms with Crippen LogP contribution < -0.4 is 5.32 Å². The second-order valence-corrected chi connectivity index (χ2v) is 7.84. The third-order valence-corrected chi connectivity index (χ3v) is 5.43. The molecule has 2 atom stereocenters. The van der Waals surface area contributed by atoms with Crippen LogP contribution in [0.4, 0.5) is 0 Å². The SMILES string of the molecule is Cc1cc(CC(=O)N2C[C@H](O)C[C@H]2C(=O)NCc2ccc(-c3ccccc3)cc2)on1. The first-order valence-electron chi connectivity index (χ1n) is 10.3. The number of aromatic nitrogens is 1. The number of carbonyl (C=O) groups excluding carboxylic acids is 2. The van der Waals surface area contributed by atoms with Gasteiger partial charge in [0.15, 0.2) is 0 Å². The van der Waals surface area contributed by atoms with E-state index in [0.717, 1.165) is 16.7 Å². The Morgan fingerprint density at radius 2 is 1.84 bits per heavy atom. The fraction of sp³-hybridized carbons (Fsp3) is 0.292. The molecule has 0 spiro atoms. The first-order chi connectivity index (χ1) is 15.0. The maximum Gasteiger partial charge on any atom is 0.243 e. The Bertz CT molecular complexity index is 1050. The van der Waals surface area contributed by atoms with E-state index in [1.54, 1.807) is 13.0 Å². The van der Waals surface area contributed by atoms with Crippen molar-refractivity contribution in [3.05, 3.63) is 77.7 Å². The van der Waals surface area contributed by atoms with Crippen LogP contribution in [0, 0.1) is 6.92 Å². The van der Waals surface area contributed by atoms with Crippen molar-refractivity contribution in [2.24, 2.45) is 0 Å². The average Bonchev–Trinajstić information content (AvgIpc) is 3.38. The lowest BCUT2D eigenvalue weighted by atomic mass is 10.0. The molecule has 7 heteroatoms. The molecule has 1 aliphatic rings. The van der Waals surface area contributed by atoms with Gasteiger partial charge in [0.05, 0.1) is 18.2 Å². The van der Waals surface area contributed by atoms with Crippen molar-refractivity contribution >= 4 is 11.8 Å². The van der Waals surface area contributed by atoms with E-state index >= 15 is 0 Å². The lowest BCUT2D eigenvalue weighted by Gasteiger charge is -2.23. The van der Waals surface area contributed by atoms with Crippen molar-refractivity contribution in [3.63, 3.8) is 0 Å². The van der Waals surface area contributed by atoms with Crippen molar-refractivity contribution < 1.29 is 19.2 Å². The van der Waals surface area contributed by atoms with Gasteiger partial charge in [-0.1, -0.05) is 59.8 Å². The van der Waals surface area contributed by atoms with Crippen molar-refractivity contribution in [1.29, 1.82) is 0 Å². The smallest absolute Gasteiger partial charge is 0.243 e. The molecule has 2 N–H and O–H groups in total. The number of likely N-dealkylation sites (tertiary alicyclic amines) is 1. The topological polar surface area (TPSA) is 95.7 Å². The summed E-state index contributed by atoms with van der Waals surface area (Å²) in [6, 6.07) is 19.1. The molecular formula is C24H25N3O4. The third kappa shape index (κ3) is 5.00. The van der Waals surface area contributed by atoms with Gasteiger partial charge in [0, 0.05) is 25.6 Å². The van der Waals surface area contributed by atoms with E-state index in [0.29, 0.717) is 18.0 Å². The lowest BCUT2D eigenvalue weighted by Crippen LogP contribution is -2.46. The van der Waals surface area contributed by atoms with Crippen molar-refractivity contribution in [2.45, 2.75) is 38.5 Å². The first-order valence-corrected chi connectivity index (χ1v) is 10.3. The van der Waals surface area contributed by atoms with Crippen molar-refractivity contribution in [3.8, 4) is 11.1 Å². The van der Waals surface area contributed by atoms with Crippen LogP contribution in [-0.2, 0) is 22.6 Å². The molecule has 1 aromatic heterocycles. The third-order valence-electron chi connectivity index (χ3n) is 5.43. The fourth-order valence-corrected chi connectivity index (χ4v) is 3.84. The summed E-state index contributed by atoms with van der Waals surface area (Å²) in [6.45, 7) is 2.26. The number of nitrogens with one attached hydrogen (secondary N) is 1. The van der Waals surface area contributed by atoms with Gasteiger partial charge in [-0.05, 0) is 23.6 Å². The van der Waals surface area contributed by atoms with Gasteiger partial charge in [-0.25, -0.2) is 0 Å². The van der Waals surface area contributed by atoms with Crippen LogP contribution in [0.25, 0.3) is 11.1 Å². The highest BCUT2D eigenvalue weighted by Crippen LogP contribution is 2.21. The molecule has 2 amide bonds. The molecule has 31 heavy (non-hydrogen) atoms. The first kappa shape index (κ1) is 20.8. The van der Waals surface area contributed by atoms with E-state index < -0.39 is 12.1 Å². The number of aliphatic hydroxyl groups is 1. The molecule has 2 heterocycles. The Balaban J connectivity index is 1.36. The Kier molecular flexibility index (Phi) is 6.13. The molecule has 7 nitrogen and oxygen atoms in total. The molecule has 4 rings (SSSR count). The van der Waals surface area contributed by atoms with Crippen LogP contribution in [0.2, 0.25) is 0 Å². The molecule has 3 aromatic rings. The van der Waals surface area contributed by atoms with Crippen LogP contribution in [0.5, 0.6) is 0 Å². The number of aliphatic hydroxyl groups excluding tert-OH is 1. The number of β-amino-alcohol motifs (C(OH)–C–C–N with tert-alkyl or cyclic N) is 1. The van der Waals surface area contributed by atoms with Gasteiger partial charge >= 0.3 is 0 Å². The van der Waals surface area contributed by atoms with Crippen molar-refractivity contribution in [1.82, 2.24) is 15.4 Å². The number of hydrogen-bond donors (Lipinski definition) is 2. The minimum Gasteiger partial charge on any atom is -0.391 e. The van der Waals surface area contributed by atoms with Gasteiger partial charge < -0.3 is 19.8 Å². The highest BCUT2D eigenvalue weighted by Gasteiger charge is 2.38. The predicted molar refractivity (Wildman–Crippen MR) is 115 cm³/mol. The number of hydrogen-bond acceptors (Lipinski definition) is 5. The maximum atomic E-state index is 12.8. The fourth-order valence-electron chi connectivity index (χ4n) is 3.84. The van der Waals surface area contributed by atoms with Crippen LogP contribution in [0.15, 0.2) is 65.2 Å². The summed E-state index contributed by atoms with van der Waals surface area (Å²) in [6.07, 6.45) is -0.487. The number of benzene rings is 2. The van der Waals surface area contributed by atoms with Gasteiger partial charge in [0.2, 0.25) is 11.8 Å². The number of amides is 2. The minimum atomic E-state index is -0.721. The van der Waals surface area contributed by atoms with E-state index in [4.69, 9.17) is 4.52 Å². The standard InChI is InChI=1S/C24H25N3O4/c1-16-11-21(31-26-16)13-23(29)27-15-20(28)12-22(27)24(30)25-14-17-7-9-19(10-8-17)18-5-3-2-4-6-18/h2-11,20,22,28H,12-15H2,1H3,(H,25,30)/t20-,22+/m1/s1. The summed E-state index contributed by atoms with van der Waals surface area (Å²) in [5, 5.41) is 16.7.